The first-order valence-electron chi connectivity index (χ1n) is 5.40. The van der Waals surface area contributed by atoms with Crippen LogP contribution in [0.4, 0.5) is 0 Å². The highest BCUT2D eigenvalue weighted by Gasteiger charge is 2.06. The van der Waals surface area contributed by atoms with Crippen molar-refractivity contribution in [3.63, 3.8) is 0 Å². The molecule has 0 amide bonds. The van der Waals surface area contributed by atoms with E-state index in [9.17, 15) is 4.79 Å². The monoisotopic (exact) mass is 225 g/mol. The molecule has 0 fully saturated rings. The van der Waals surface area contributed by atoms with Gasteiger partial charge in [0, 0.05) is 12.4 Å². The number of pyridine rings is 2. The maximum Gasteiger partial charge on any atom is 0.267 e. The number of aryl methyl sites for hydroxylation is 2. The quantitative estimate of drug-likeness (QED) is 0.549. The van der Waals surface area contributed by atoms with Crippen molar-refractivity contribution in [3.8, 4) is 0 Å². The summed E-state index contributed by atoms with van der Waals surface area (Å²) in [5, 5.41) is 0.563. The molecule has 3 heterocycles. The Morgan fingerprint density at radius 3 is 2.82 bits per heavy atom. The minimum absolute atomic E-state index is 0.0649. The minimum Gasteiger partial charge on any atom is -0.268 e. The molecule has 4 heteroatoms. The van der Waals surface area contributed by atoms with Crippen LogP contribution in [0.2, 0.25) is 0 Å². The lowest BCUT2D eigenvalue weighted by Gasteiger charge is -2.03. The van der Waals surface area contributed by atoms with Crippen molar-refractivity contribution >= 4 is 16.7 Å². The average molecular weight is 225 g/mol. The van der Waals surface area contributed by atoms with Crippen LogP contribution >= 0.6 is 0 Å². The fourth-order valence-corrected chi connectivity index (χ4v) is 1.90. The lowest BCUT2D eigenvalue weighted by molar-refractivity contribution is 1.05. The maximum atomic E-state index is 12.3. The first-order chi connectivity index (χ1) is 8.15. The van der Waals surface area contributed by atoms with Crippen LogP contribution in [0.15, 0.2) is 35.4 Å². The summed E-state index contributed by atoms with van der Waals surface area (Å²) < 4.78 is 1.57. The number of hydrogen-bond donors (Lipinski definition) is 0. The molecule has 0 saturated heterocycles. The third kappa shape index (κ3) is 1.49. The highest BCUT2D eigenvalue weighted by atomic mass is 16.1. The summed E-state index contributed by atoms with van der Waals surface area (Å²) in [4.78, 5) is 20.8. The van der Waals surface area contributed by atoms with E-state index < -0.39 is 0 Å². The summed E-state index contributed by atoms with van der Waals surface area (Å²) in [6.07, 6.45) is 3.52. The zero-order chi connectivity index (χ0) is 12.0. The van der Waals surface area contributed by atoms with Crippen LogP contribution in [0.1, 0.15) is 11.1 Å². The fourth-order valence-electron chi connectivity index (χ4n) is 1.90. The van der Waals surface area contributed by atoms with Crippen LogP contribution in [-0.4, -0.2) is 14.4 Å². The number of nitrogens with zero attached hydrogens (tertiary/aromatic N) is 3. The largest absolute Gasteiger partial charge is 0.268 e. The zero-order valence-corrected chi connectivity index (χ0v) is 9.64. The third-order valence-corrected chi connectivity index (χ3v) is 2.75. The van der Waals surface area contributed by atoms with Crippen molar-refractivity contribution in [2.24, 2.45) is 0 Å². The molecule has 0 unspecified atom stereocenters. The lowest BCUT2D eigenvalue weighted by atomic mass is 10.2. The van der Waals surface area contributed by atoms with Crippen LogP contribution in [0.25, 0.3) is 16.7 Å². The van der Waals surface area contributed by atoms with E-state index in [1.165, 1.54) is 0 Å². The van der Waals surface area contributed by atoms with Crippen LogP contribution in [-0.2, 0) is 0 Å². The van der Waals surface area contributed by atoms with Gasteiger partial charge in [-0.2, -0.15) is 0 Å². The molecule has 3 rings (SSSR count). The van der Waals surface area contributed by atoms with Crippen LogP contribution in [0.5, 0.6) is 0 Å². The fraction of sp³-hybridized carbons (Fsp3) is 0.154. The minimum atomic E-state index is -0.0649. The van der Waals surface area contributed by atoms with E-state index in [2.05, 4.69) is 9.97 Å². The van der Waals surface area contributed by atoms with E-state index in [-0.39, 0.29) is 5.56 Å². The van der Waals surface area contributed by atoms with Gasteiger partial charge in [-0.25, -0.2) is 9.97 Å². The van der Waals surface area contributed by atoms with Crippen LogP contribution in [0, 0.1) is 13.8 Å². The van der Waals surface area contributed by atoms with Gasteiger partial charge in [-0.15, -0.1) is 0 Å². The standard InChI is InChI=1S/C13H11N3O/c1-8-3-4-11-15-12-10(5-9(2)6-14-12)13(17)16(11)7-8/h3-7H,1-2H3. The first-order valence-corrected chi connectivity index (χ1v) is 5.40. The van der Waals surface area contributed by atoms with Gasteiger partial charge in [-0.3, -0.25) is 9.20 Å². The van der Waals surface area contributed by atoms with Gasteiger partial charge < -0.3 is 0 Å². The molecule has 0 N–H and O–H groups in total. The molecular formula is C13H11N3O. The summed E-state index contributed by atoms with van der Waals surface area (Å²) in [5.74, 6) is 0. The molecule has 0 aliphatic heterocycles. The van der Waals surface area contributed by atoms with Gasteiger partial charge in [-0.1, -0.05) is 6.07 Å². The predicted octanol–water partition coefficient (Wildman–Crippen LogP) is 1.86. The molecule has 0 aliphatic rings. The van der Waals surface area contributed by atoms with E-state index >= 15 is 0 Å². The normalized spacial score (nSPS) is 11.2. The number of rotatable bonds is 0. The second-order valence-electron chi connectivity index (χ2n) is 4.24. The second-order valence-corrected chi connectivity index (χ2v) is 4.24. The van der Waals surface area contributed by atoms with Gasteiger partial charge in [0.1, 0.15) is 5.65 Å². The molecule has 0 radical (unpaired) electrons. The maximum absolute atomic E-state index is 12.3. The van der Waals surface area contributed by atoms with E-state index in [1.54, 1.807) is 16.8 Å². The topological polar surface area (TPSA) is 47.3 Å². The van der Waals surface area contributed by atoms with Gasteiger partial charge in [0.05, 0.1) is 5.39 Å². The average Bonchev–Trinajstić information content (AvgIpc) is 2.32. The third-order valence-electron chi connectivity index (χ3n) is 2.75. The molecule has 0 spiro atoms. The van der Waals surface area contributed by atoms with Crippen molar-refractivity contribution in [3.05, 3.63) is 52.1 Å². The Hall–Kier alpha value is -2.23. The van der Waals surface area contributed by atoms with Gasteiger partial charge in [0.2, 0.25) is 0 Å². The molecule has 4 nitrogen and oxygen atoms in total. The van der Waals surface area contributed by atoms with Crippen molar-refractivity contribution in [1.29, 1.82) is 0 Å². The molecule has 0 atom stereocenters. The molecule has 17 heavy (non-hydrogen) atoms. The predicted molar refractivity (Wildman–Crippen MR) is 66.2 cm³/mol. The second kappa shape index (κ2) is 3.38. The smallest absolute Gasteiger partial charge is 0.267 e. The Morgan fingerprint density at radius 1 is 1.18 bits per heavy atom. The van der Waals surface area contributed by atoms with Crippen LogP contribution in [0.3, 0.4) is 0 Å². The summed E-state index contributed by atoms with van der Waals surface area (Å²) in [5.41, 5.74) is 3.06. The molecule has 84 valence electrons. The summed E-state index contributed by atoms with van der Waals surface area (Å²) in [6, 6.07) is 5.59. The Bertz CT molecular complexity index is 727. The number of fused-ring (bicyclic) bond motifs is 2. The number of hydrogen-bond acceptors (Lipinski definition) is 3. The summed E-state index contributed by atoms with van der Waals surface area (Å²) >= 11 is 0. The number of aromatic nitrogens is 3. The molecule has 0 aromatic carbocycles. The SMILES string of the molecule is Cc1cnc2nc3ccc(C)cn3c(=O)c2c1. The highest BCUT2D eigenvalue weighted by molar-refractivity contribution is 5.76. The van der Waals surface area contributed by atoms with Crippen molar-refractivity contribution in [1.82, 2.24) is 14.4 Å². The Morgan fingerprint density at radius 2 is 2.00 bits per heavy atom. The van der Waals surface area contributed by atoms with E-state index in [0.29, 0.717) is 16.7 Å². The first kappa shape index (κ1) is 9.96. The molecule has 3 aromatic heterocycles. The molecule has 0 aliphatic carbocycles. The molecule has 0 bridgehead atoms. The van der Waals surface area contributed by atoms with Gasteiger partial charge >= 0.3 is 0 Å². The lowest BCUT2D eigenvalue weighted by Crippen LogP contribution is -2.16. The summed E-state index contributed by atoms with van der Waals surface area (Å²) in [7, 11) is 0. The Labute approximate surface area is 97.6 Å². The Balaban J connectivity index is 2.58. The molecular weight excluding hydrogens is 214 g/mol. The van der Waals surface area contributed by atoms with Crippen molar-refractivity contribution < 1.29 is 0 Å². The van der Waals surface area contributed by atoms with Crippen molar-refractivity contribution in [2.45, 2.75) is 13.8 Å². The highest BCUT2D eigenvalue weighted by Crippen LogP contribution is 2.09. The van der Waals surface area contributed by atoms with E-state index in [1.807, 2.05) is 32.0 Å². The Kier molecular flexibility index (Phi) is 1.98. The van der Waals surface area contributed by atoms with Crippen molar-refractivity contribution in [2.75, 3.05) is 0 Å². The molecule has 3 aromatic rings. The molecule has 0 saturated carbocycles. The van der Waals surface area contributed by atoms with Gasteiger partial charge in [-0.05, 0) is 37.1 Å². The zero-order valence-electron chi connectivity index (χ0n) is 9.64. The van der Waals surface area contributed by atoms with E-state index in [0.717, 1.165) is 11.1 Å². The van der Waals surface area contributed by atoms with Gasteiger partial charge in [0.15, 0.2) is 5.65 Å². The van der Waals surface area contributed by atoms with Gasteiger partial charge in [0.25, 0.3) is 5.56 Å². The van der Waals surface area contributed by atoms with E-state index in [4.69, 9.17) is 0 Å². The van der Waals surface area contributed by atoms with Crippen LogP contribution < -0.4 is 5.56 Å². The summed E-state index contributed by atoms with van der Waals surface area (Å²) in [6.45, 7) is 3.86.